The van der Waals surface area contributed by atoms with Gasteiger partial charge in [0.1, 0.15) is 6.54 Å². The van der Waals surface area contributed by atoms with Crippen LogP contribution in [0.5, 0.6) is 0 Å². The number of rotatable bonds is 4. The van der Waals surface area contributed by atoms with Crippen LogP contribution in [0.2, 0.25) is 0 Å². The van der Waals surface area contributed by atoms with Crippen LogP contribution in [-0.4, -0.2) is 28.7 Å². The summed E-state index contributed by atoms with van der Waals surface area (Å²) in [7, 11) is 0. The molecular formula is C19H17N3O2S2. The zero-order chi connectivity index (χ0) is 17.9. The lowest BCUT2D eigenvalue weighted by Gasteiger charge is -2.27. The first-order chi connectivity index (χ1) is 12.7. The third-order valence-corrected chi connectivity index (χ3v) is 6.03. The standard InChI is InChI=1S/C19H17N3O2S2/c23-17(20-11-14-5-4-10-25-14)12-22-16-7-2-1-6-15(16)21-9-3-8-19(21)26-13-18(22)24/h1-10H,11-13H2,(H,20,23). The van der Waals surface area contributed by atoms with E-state index < -0.39 is 0 Å². The summed E-state index contributed by atoms with van der Waals surface area (Å²) < 4.78 is 2.06. The van der Waals surface area contributed by atoms with Gasteiger partial charge in [-0.25, -0.2) is 0 Å². The average Bonchev–Trinajstić information content (AvgIpc) is 3.33. The molecule has 0 unspecified atom stereocenters. The van der Waals surface area contributed by atoms with Crippen LogP contribution < -0.4 is 10.2 Å². The predicted molar refractivity (Wildman–Crippen MR) is 105 cm³/mol. The summed E-state index contributed by atoms with van der Waals surface area (Å²) in [4.78, 5) is 27.9. The number of fused-ring (bicyclic) bond motifs is 3. The number of nitrogens with one attached hydrogen (secondary N) is 1. The molecule has 2 aromatic heterocycles. The van der Waals surface area contributed by atoms with E-state index in [-0.39, 0.29) is 18.4 Å². The van der Waals surface area contributed by atoms with E-state index in [1.807, 2.05) is 60.1 Å². The second-order valence-corrected chi connectivity index (χ2v) is 7.86. The molecule has 3 heterocycles. The minimum absolute atomic E-state index is 0.0123. The number of nitrogens with zero attached hydrogens (tertiary/aromatic N) is 2. The van der Waals surface area contributed by atoms with Crippen LogP contribution in [0.4, 0.5) is 5.69 Å². The fourth-order valence-corrected chi connectivity index (χ4v) is 4.44. The van der Waals surface area contributed by atoms with Crippen LogP contribution in [0.15, 0.2) is 65.1 Å². The van der Waals surface area contributed by atoms with E-state index in [0.29, 0.717) is 12.3 Å². The molecule has 0 fully saturated rings. The SMILES string of the molecule is O=C(CN1C(=O)CSc2cccn2-c2ccccc21)NCc1cccs1. The molecular weight excluding hydrogens is 366 g/mol. The quantitative estimate of drug-likeness (QED) is 0.752. The van der Waals surface area contributed by atoms with Crippen molar-refractivity contribution in [1.29, 1.82) is 0 Å². The highest BCUT2D eigenvalue weighted by Crippen LogP contribution is 2.32. The maximum Gasteiger partial charge on any atom is 0.240 e. The normalized spacial score (nSPS) is 13.5. The number of thiophene rings is 1. The summed E-state index contributed by atoms with van der Waals surface area (Å²) >= 11 is 3.08. The molecule has 4 rings (SSSR count). The molecule has 3 aromatic rings. The lowest BCUT2D eigenvalue weighted by Crippen LogP contribution is -2.42. The first-order valence-corrected chi connectivity index (χ1v) is 10.1. The van der Waals surface area contributed by atoms with Crippen molar-refractivity contribution < 1.29 is 9.59 Å². The summed E-state index contributed by atoms with van der Waals surface area (Å²) in [5, 5.41) is 5.90. The van der Waals surface area contributed by atoms with Crippen molar-refractivity contribution in [3.63, 3.8) is 0 Å². The molecule has 0 saturated carbocycles. The zero-order valence-electron chi connectivity index (χ0n) is 13.9. The Hall–Kier alpha value is -2.51. The lowest BCUT2D eigenvalue weighted by atomic mass is 10.2. The average molecular weight is 383 g/mol. The Labute approximate surface area is 159 Å². The van der Waals surface area contributed by atoms with Crippen molar-refractivity contribution in [2.75, 3.05) is 17.2 Å². The van der Waals surface area contributed by atoms with E-state index in [0.717, 1.165) is 21.3 Å². The van der Waals surface area contributed by atoms with Crippen molar-refractivity contribution in [1.82, 2.24) is 9.88 Å². The van der Waals surface area contributed by atoms with Gasteiger partial charge in [0.2, 0.25) is 11.8 Å². The van der Waals surface area contributed by atoms with Gasteiger partial charge >= 0.3 is 0 Å². The van der Waals surface area contributed by atoms with Gasteiger partial charge in [-0.1, -0.05) is 30.0 Å². The van der Waals surface area contributed by atoms with Gasteiger partial charge in [-0.2, -0.15) is 0 Å². The Morgan fingerprint density at radius 3 is 2.73 bits per heavy atom. The van der Waals surface area contributed by atoms with Crippen LogP contribution >= 0.6 is 23.1 Å². The maximum absolute atomic E-state index is 12.7. The van der Waals surface area contributed by atoms with Crippen LogP contribution in [0.25, 0.3) is 5.69 Å². The largest absolute Gasteiger partial charge is 0.350 e. The van der Waals surface area contributed by atoms with Crippen LogP contribution in [-0.2, 0) is 16.1 Å². The summed E-state index contributed by atoms with van der Waals surface area (Å²) in [5.41, 5.74) is 1.65. The van der Waals surface area contributed by atoms with E-state index in [1.54, 1.807) is 16.2 Å². The van der Waals surface area contributed by atoms with Gasteiger partial charge in [0.05, 0.1) is 28.7 Å². The Morgan fingerprint density at radius 1 is 1.08 bits per heavy atom. The number of hydrogen-bond acceptors (Lipinski definition) is 4. The number of benzene rings is 1. The molecule has 26 heavy (non-hydrogen) atoms. The van der Waals surface area contributed by atoms with Crippen molar-refractivity contribution in [3.8, 4) is 5.69 Å². The van der Waals surface area contributed by atoms with Gasteiger partial charge in [-0.3, -0.25) is 9.59 Å². The fraction of sp³-hybridized carbons (Fsp3) is 0.158. The summed E-state index contributed by atoms with van der Waals surface area (Å²) in [6.07, 6.45) is 1.98. The number of para-hydroxylation sites is 2. The van der Waals surface area contributed by atoms with Gasteiger partial charge in [0.25, 0.3) is 0 Å². The molecule has 0 radical (unpaired) electrons. The second-order valence-electron chi connectivity index (χ2n) is 5.83. The predicted octanol–water partition coefficient (Wildman–Crippen LogP) is 3.29. The fourth-order valence-electron chi connectivity index (χ4n) is 2.90. The number of amides is 2. The van der Waals surface area contributed by atoms with Gasteiger partial charge in [0, 0.05) is 11.1 Å². The highest BCUT2D eigenvalue weighted by atomic mass is 32.2. The number of hydrogen-bond donors (Lipinski definition) is 1. The molecule has 1 aromatic carbocycles. The minimum Gasteiger partial charge on any atom is -0.350 e. The second kappa shape index (κ2) is 7.39. The first-order valence-electron chi connectivity index (χ1n) is 8.21. The lowest BCUT2D eigenvalue weighted by molar-refractivity contribution is -0.123. The van der Waals surface area contributed by atoms with Gasteiger partial charge in [-0.05, 0) is 35.7 Å². The first kappa shape index (κ1) is 16.9. The summed E-state index contributed by atoms with van der Waals surface area (Å²) in [6, 6.07) is 15.6. The molecule has 1 aliphatic rings. The van der Waals surface area contributed by atoms with Crippen LogP contribution in [0, 0.1) is 0 Å². The van der Waals surface area contributed by atoms with E-state index in [1.165, 1.54) is 11.8 Å². The smallest absolute Gasteiger partial charge is 0.240 e. The highest BCUT2D eigenvalue weighted by Gasteiger charge is 2.25. The Kier molecular flexibility index (Phi) is 4.81. The Bertz CT molecular complexity index is 934. The Morgan fingerprint density at radius 2 is 1.92 bits per heavy atom. The zero-order valence-corrected chi connectivity index (χ0v) is 15.6. The van der Waals surface area contributed by atoms with Crippen molar-refractivity contribution >= 4 is 40.6 Å². The molecule has 2 amide bonds. The molecule has 1 N–H and O–H groups in total. The maximum atomic E-state index is 12.7. The van der Waals surface area contributed by atoms with Crippen molar-refractivity contribution in [2.24, 2.45) is 0 Å². The number of carbonyl (C=O) groups is 2. The van der Waals surface area contributed by atoms with Gasteiger partial charge in [-0.15, -0.1) is 11.3 Å². The number of carbonyl (C=O) groups excluding carboxylic acids is 2. The number of anilines is 1. The van der Waals surface area contributed by atoms with E-state index in [2.05, 4.69) is 9.88 Å². The number of thioether (sulfide) groups is 1. The third kappa shape index (κ3) is 3.40. The molecule has 1 aliphatic heterocycles. The summed E-state index contributed by atoms with van der Waals surface area (Å²) in [6.45, 7) is 0.495. The topological polar surface area (TPSA) is 54.3 Å². The van der Waals surface area contributed by atoms with Gasteiger partial charge in [0.15, 0.2) is 0 Å². The van der Waals surface area contributed by atoms with Crippen LogP contribution in [0.1, 0.15) is 4.88 Å². The minimum atomic E-state index is -0.167. The summed E-state index contributed by atoms with van der Waals surface area (Å²) in [5.74, 6) is 0.0670. The van der Waals surface area contributed by atoms with Crippen LogP contribution in [0.3, 0.4) is 0 Å². The molecule has 7 heteroatoms. The molecule has 0 saturated heterocycles. The molecule has 5 nitrogen and oxygen atoms in total. The molecule has 0 atom stereocenters. The molecule has 0 spiro atoms. The Balaban J connectivity index is 1.59. The van der Waals surface area contributed by atoms with Crippen molar-refractivity contribution in [2.45, 2.75) is 11.6 Å². The molecule has 0 aliphatic carbocycles. The molecule has 132 valence electrons. The van der Waals surface area contributed by atoms with E-state index in [4.69, 9.17) is 0 Å². The van der Waals surface area contributed by atoms with E-state index in [9.17, 15) is 9.59 Å². The third-order valence-electron chi connectivity index (χ3n) is 4.13. The monoisotopic (exact) mass is 383 g/mol. The van der Waals surface area contributed by atoms with E-state index >= 15 is 0 Å². The van der Waals surface area contributed by atoms with Crippen molar-refractivity contribution in [3.05, 3.63) is 65.0 Å². The van der Waals surface area contributed by atoms with Gasteiger partial charge < -0.3 is 14.8 Å². The number of aromatic nitrogens is 1. The molecule has 0 bridgehead atoms. The highest BCUT2D eigenvalue weighted by molar-refractivity contribution is 7.99.